The van der Waals surface area contributed by atoms with Crippen LogP contribution in [0.4, 0.5) is 11.5 Å². The molecule has 1 aromatic heterocycles. The van der Waals surface area contributed by atoms with Crippen LogP contribution in [0.3, 0.4) is 0 Å². The molecule has 6 nitrogen and oxygen atoms in total. The van der Waals surface area contributed by atoms with Crippen molar-refractivity contribution in [1.29, 1.82) is 0 Å². The van der Waals surface area contributed by atoms with Crippen molar-refractivity contribution in [3.05, 3.63) is 41.6 Å². The summed E-state index contributed by atoms with van der Waals surface area (Å²) in [5.41, 5.74) is 2.31. The number of hydrogen-bond donors (Lipinski definition) is 1. The smallest absolute Gasteiger partial charge is 0.265 e. The van der Waals surface area contributed by atoms with Gasteiger partial charge in [-0.15, -0.1) is 0 Å². The topological polar surface area (TPSA) is 71.5 Å². The van der Waals surface area contributed by atoms with Crippen LogP contribution in [0.2, 0.25) is 0 Å². The maximum atomic E-state index is 12.8. The van der Waals surface area contributed by atoms with Crippen LogP contribution in [-0.4, -0.2) is 33.6 Å². The Morgan fingerprint density at radius 1 is 1.08 bits per heavy atom. The van der Waals surface area contributed by atoms with Crippen LogP contribution in [0.15, 0.2) is 35.4 Å². The molecule has 0 radical (unpaired) electrons. The van der Waals surface area contributed by atoms with E-state index in [1.807, 2.05) is 19.9 Å². The molecule has 2 heterocycles. The number of piperidine rings is 1. The maximum Gasteiger partial charge on any atom is 0.265 e. The van der Waals surface area contributed by atoms with E-state index in [4.69, 9.17) is 4.74 Å². The lowest BCUT2D eigenvalue weighted by Gasteiger charge is -2.27. The Balaban J connectivity index is 1.82. The molecule has 1 aromatic carbocycles. The van der Waals surface area contributed by atoms with Crippen LogP contribution in [0.1, 0.15) is 30.4 Å². The van der Waals surface area contributed by atoms with Gasteiger partial charge in [0.25, 0.3) is 10.0 Å². The summed E-state index contributed by atoms with van der Waals surface area (Å²) in [5, 5.41) is 0. The summed E-state index contributed by atoms with van der Waals surface area (Å²) in [7, 11) is -2.29. The van der Waals surface area contributed by atoms with Crippen molar-refractivity contribution in [3.63, 3.8) is 0 Å². The zero-order valence-electron chi connectivity index (χ0n) is 15.4. The molecule has 1 aliphatic heterocycles. The summed E-state index contributed by atoms with van der Waals surface area (Å²) >= 11 is 0. The fraction of sp³-hybridized carbons (Fsp3) is 0.421. The van der Waals surface area contributed by atoms with Gasteiger partial charge in [0.1, 0.15) is 16.5 Å². The summed E-state index contributed by atoms with van der Waals surface area (Å²) < 4.78 is 33.5. The Labute approximate surface area is 155 Å². The molecule has 26 heavy (non-hydrogen) atoms. The number of nitrogens with one attached hydrogen (secondary N) is 1. The van der Waals surface area contributed by atoms with Gasteiger partial charge in [-0.2, -0.15) is 0 Å². The van der Waals surface area contributed by atoms with Gasteiger partial charge in [-0.05, 0) is 68.5 Å². The molecule has 3 rings (SSSR count). The predicted octanol–water partition coefficient (Wildman–Crippen LogP) is 3.50. The van der Waals surface area contributed by atoms with Crippen molar-refractivity contribution in [2.75, 3.05) is 29.8 Å². The predicted molar refractivity (Wildman–Crippen MR) is 104 cm³/mol. The van der Waals surface area contributed by atoms with E-state index in [0.717, 1.165) is 30.0 Å². The third kappa shape index (κ3) is 3.93. The maximum absolute atomic E-state index is 12.8. The molecule has 2 aromatic rings. The van der Waals surface area contributed by atoms with Crippen LogP contribution in [0.25, 0.3) is 0 Å². The van der Waals surface area contributed by atoms with E-state index in [9.17, 15) is 8.42 Å². The highest BCUT2D eigenvalue weighted by molar-refractivity contribution is 7.92. The Bertz CT molecular complexity index is 874. The number of aromatic nitrogens is 1. The molecule has 0 spiro atoms. The Kier molecular flexibility index (Phi) is 5.36. The molecule has 1 saturated heterocycles. The van der Waals surface area contributed by atoms with Gasteiger partial charge in [-0.3, -0.25) is 4.72 Å². The normalized spacial score (nSPS) is 15.0. The first kappa shape index (κ1) is 18.5. The molecule has 1 aliphatic rings. The van der Waals surface area contributed by atoms with E-state index in [-0.39, 0.29) is 4.90 Å². The molecule has 1 N–H and O–H groups in total. The quantitative estimate of drug-likeness (QED) is 0.866. The molecule has 0 saturated carbocycles. The molecule has 0 bridgehead atoms. The highest BCUT2D eigenvalue weighted by atomic mass is 32.2. The fourth-order valence-corrected chi connectivity index (χ4v) is 4.38. The Morgan fingerprint density at radius 2 is 1.77 bits per heavy atom. The minimum Gasteiger partial charge on any atom is -0.495 e. The van der Waals surface area contributed by atoms with E-state index >= 15 is 0 Å². The second-order valence-corrected chi connectivity index (χ2v) is 8.30. The highest BCUT2D eigenvalue weighted by Crippen LogP contribution is 2.29. The standard InChI is InChI=1S/C19H25N3O3S/c1-14-11-17(25-3)18(12-15(14)2)26(23,24)21-16-7-8-19(20-13-16)22-9-5-4-6-10-22/h7-8,11-13,21H,4-6,9-10H2,1-3H3. The van der Waals surface area contributed by atoms with Gasteiger partial charge in [0.2, 0.25) is 0 Å². The molecular formula is C19H25N3O3S. The SMILES string of the molecule is COc1cc(C)c(C)cc1S(=O)(=O)Nc1ccc(N2CCCCC2)nc1. The van der Waals surface area contributed by atoms with Gasteiger partial charge in [-0.1, -0.05) is 0 Å². The third-order valence-electron chi connectivity index (χ3n) is 4.75. The number of pyridine rings is 1. The van der Waals surface area contributed by atoms with Crippen molar-refractivity contribution < 1.29 is 13.2 Å². The minimum atomic E-state index is -3.76. The lowest BCUT2D eigenvalue weighted by molar-refractivity contribution is 0.402. The average molecular weight is 375 g/mol. The van der Waals surface area contributed by atoms with E-state index < -0.39 is 10.0 Å². The molecule has 140 valence electrons. The summed E-state index contributed by atoms with van der Waals surface area (Å²) in [6.07, 6.45) is 5.16. The molecule has 0 aliphatic carbocycles. The lowest BCUT2D eigenvalue weighted by Crippen LogP contribution is -2.30. The van der Waals surface area contributed by atoms with Crippen LogP contribution in [0, 0.1) is 13.8 Å². The highest BCUT2D eigenvalue weighted by Gasteiger charge is 2.21. The first-order chi connectivity index (χ1) is 12.4. The first-order valence-electron chi connectivity index (χ1n) is 8.80. The van der Waals surface area contributed by atoms with Crippen molar-refractivity contribution >= 4 is 21.5 Å². The number of hydrogen-bond acceptors (Lipinski definition) is 5. The number of rotatable bonds is 5. The zero-order valence-corrected chi connectivity index (χ0v) is 16.3. The second-order valence-electron chi connectivity index (χ2n) is 6.65. The summed E-state index contributed by atoms with van der Waals surface area (Å²) in [4.78, 5) is 6.78. The van der Waals surface area contributed by atoms with Gasteiger partial charge in [0, 0.05) is 13.1 Å². The number of benzene rings is 1. The average Bonchev–Trinajstić information content (AvgIpc) is 2.64. The molecule has 7 heteroatoms. The number of nitrogens with zero attached hydrogens (tertiary/aromatic N) is 2. The third-order valence-corrected chi connectivity index (χ3v) is 6.15. The van der Waals surface area contributed by atoms with Gasteiger partial charge in [0.15, 0.2) is 0 Å². The molecule has 0 amide bonds. The summed E-state index contributed by atoms with van der Waals surface area (Å²) in [5.74, 6) is 1.22. The van der Waals surface area contributed by atoms with Gasteiger partial charge in [-0.25, -0.2) is 13.4 Å². The lowest BCUT2D eigenvalue weighted by atomic mass is 10.1. The zero-order chi connectivity index (χ0) is 18.7. The molecular weight excluding hydrogens is 350 g/mol. The van der Waals surface area contributed by atoms with E-state index in [1.54, 1.807) is 24.4 Å². The first-order valence-corrected chi connectivity index (χ1v) is 10.3. The molecule has 0 unspecified atom stereocenters. The van der Waals surface area contributed by atoms with Gasteiger partial charge >= 0.3 is 0 Å². The molecule has 0 atom stereocenters. The molecule has 1 fully saturated rings. The Morgan fingerprint density at radius 3 is 2.38 bits per heavy atom. The number of anilines is 2. The number of aryl methyl sites for hydroxylation is 2. The minimum absolute atomic E-state index is 0.128. The van der Waals surface area contributed by atoms with Crippen LogP contribution in [-0.2, 0) is 10.0 Å². The summed E-state index contributed by atoms with van der Waals surface area (Å²) in [6, 6.07) is 6.98. The van der Waals surface area contributed by atoms with Crippen molar-refractivity contribution in [1.82, 2.24) is 4.98 Å². The van der Waals surface area contributed by atoms with Crippen molar-refractivity contribution in [3.8, 4) is 5.75 Å². The van der Waals surface area contributed by atoms with E-state index in [2.05, 4.69) is 14.6 Å². The number of ether oxygens (including phenoxy) is 1. The van der Waals surface area contributed by atoms with E-state index in [0.29, 0.717) is 11.4 Å². The monoisotopic (exact) mass is 375 g/mol. The van der Waals surface area contributed by atoms with E-state index in [1.165, 1.54) is 26.4 Å². The van der Waals surface area contributed by atoms with Crippen molar-refractivity contribution in [2.45, 2.75) is 38.0 Å². The van der Waals surface area contributed by atoms with Crippen LogP contribution >= 0.6 is 0 Å². The fourth-order valence-electron chi connectivity index (χ4n) is 3.10. The van der Waals surface area contributed by atoms with Crippen LogP contribution in [0.5, 0.6) is 5.75 Å². The van der Waals surface area contributed by atoms with Crippen LogP contribution < -0.4 is 14.4 Å². The van der Waals surface area contributed by atoms with Gasteiger partial charge < -0.3 is 9.64 Å². The van der Waals surface area contributed by atoms with Crippen molar-refractivity contribution in [2.24, 2.45) is 0 Å². The summed E-state index contributed by atoms with van der Waals surface area (Å²) in [6.45, 7) is 5.80. The second kappa shape index (κ2) is 7.53. The Hall–Kier alpha value is -2.28. The number of sulfonamides is 1. The largest absolute Gasteiger partial charge is 0.495 e. The van der Waals surface area contributed by atoms with Gasteiger partial charge in [0.05, 0.1) is 19.0 Å². The number of methoxy groups -OCH3 is 1.